The Balaban J connectivity index is 2.34. The number of β-amino-alcohol motifs (C(OH)–C–C–N with tert-alkyl or cyclic N) is 1. The van der Waals surface area contributed by atoms with Crippen molar-refractivity contribution in [2.75, 3.05) is 13.1 Å². The van der Waals surface area contributed by atoms with Crippen molar-refractivity contribution < 1.29 is 5.11 Å². The lowest BCUT2D eigenvalue weighted by molar-refractivity contribution is 0.0842. The third-order valence-electron chi connectivity index (χ3n) is 1.94. The van der Waals surface area contributed by atoms with Gasteiger partial charge in [-0.05, 0) is 13.0 Å². The molecule has 1 aliphatic heterocycles. The molecular weight excluding hydrogens is 128 g/mol. The standard InChI is InChI=1S/C7H12N2O/c8-3-1-6-2-4-9-5-7(6)10/h6-7,9-10H,1-2,4-5H2/t6-,7+/m0/s1. The van der Waals surface area contributed by atoms with Crippen molar-refractivity contribution in [3.05, 3.63) is 0 Å². The summed E-state index contributed by atoms with van der Waals surface area (Å²) in [6.07, 6.45) is 1.10. The van der Waals surface area contributed by atoms with Crippen molar-refractivity contribution in [1.82, 2.24) is 5.32 Å². The van der Waals surface area contributed by atoms with E-state index < -0.39 is 0 Å². The van der Waals surface area contributed by atoms with Crippen molar-refractivity contribution >= 4 is 0 Å². The summed E-state index contributed by atoms with van der Waals surface area (Å²) in [4.78, 5) is 0. The molecule has 2 N–H and O–H groups in total. The van der Waals surface area contributed by atoms with Gasteiger partial charge in [0.15, 0.2) is 0 Å². The number of nitriles is 1. The van der Waals surface area contributed by atoms with Crippen LogP contribution in [-0.4, -0.2) is 24.3 Å². The average molecular weight is 140 g/mol. The van der Waals surface area contributed by atoms with E-state index >= 15 is 0 Å². The zero-order valence-corrected chi connectivity index (χ0v) is 5.88. The predicted octanol–water partition coefficient (Wildman–Crippen LogP) is -0.130. The Hall–Kier alpha value is -0.590. The molecule has 1 heterocycles. The highest BCUT2D eigenvalue weighted by Gasteiger charge is 2.21. The monoisotopic (exact) mass is 140 g/mol. The van der Waals surface area contributed by atoms with Crippen molar-refractivity contribution in [1.29, 1.82) is 5.26 Å². The maximum Gasteiger partial charge on any atom is 0.0703 e. The number of aliphatic hydroxyl groups excluding tert-OH is 1. The smallest absolute Gasteiger partial charge is 0.0703 e. The first-order valence-electron chi connectivity index (χ1n) is 3.60. The van der Waals surface area contributed by atoms with Gasteiger partial charge in [-0.3, -0.25) is 0 Å². The fourth-order valence-corrected chi connectivity index (χ4v) is 1.25. The molecule has 0 radical (unpaired) electrons. The summed E-state index contributed by atoms with van der Waals surface area (Å²) in [7, 11) is 0. The van der Waals surface area contributed by atoms with Crippen LogP contribution in [0.1, 0.15) is 12.8 Å². The quantitative estimate of drug-likeness (QED) is 0.533. The number of hydrogen-bond donors (Lipinski definition) is 2. The Bertz CT molecular complexity index is 141. The molecule has 10 heavy (non-hydrogen) atoms. The van der Waals surface area contributed by atoms with Crippen molar-refractivity contribution in [2.24, 2.45) is 5.92 Å². The van der Waals surface area contributed by atoms with Crippen LogP contribution in [0.25, 0.3) is 0 Å². The van der Waals surface area contributed by atoms with E-state index in [-0.39, 0.29) is 12.0 Å². The molecule has 1 aliphatic rings. The minimum atomic E-state index is -0.312. The Morgan fingerprint density at radius 2 is 2.50 bits per heavy atom. The van der Waals surface area contributed by atoms with Crippen LogP contribution in [0.4, 0.5) is 0 Å². The molecule has 1 rings (SSSR count). The summed E-state index contributed by atoms with van der Waals surface area (Å²) in [5.41, 5.74) is 0. The molecule has 0 aromatic rings. The molecule has 3 heteroatoms. The lowest BCUT2D eigenvalue weighted by atomic mass is 9.93. The molecule has 0 saturated carbocycles. The number of aliphatic hydroxyl groups is 1. The molecular formula is C7H12N2O. The molecule has 56 valence electrons. The molecule has 1 saturated heterocycles. The zero-order valence-electron chi connectivity index (χ0n) is 5.88. The largest absolute Gasteiger partial charge is 0.391 e. The summed E-state index contributed by atoms with van der Waals surface area (Å²) >= 11 is 0. The second-order valence-corrected chi connectivity index (χ2v) is 2.68. The van der Waals surface area contributed by atoms with Gasteiger partial charge in [-0.25, -0.2) is 0 Å². The normalized spacial score (nSPS) is 33.2. The molecule has 0 amide bonds. The van der Waals surface area contributed by atoms with Crippen LogP contribution < -0.4 is 5.32 Å². The zero-order chi connectivity index (χ0) is 7.40. The number of nitrogens with zero attached hydrogens (tertiary/aromatic N) is 1. The maximum absolute atomic E-state index is 9.29. The van der Waals surface area contributed by atoms with Gasteiger partial charge in [-0.1, -0.05) is 0 Å². The Labute approximate surface area is 60.7 Å². The highest BCUT2D eigenvalue weighted by Crippen LogP contribution is 2.15. The molecule has 0 aliphatic carbocycles. The number of piperidine rings is 1. The van der Waals surface area contributed by atoms with Gasteiger partial charge in [0.1, 0.15) is 0 Å². The van der Waals surface area contributed by atoms with E-state index in [4.69, 9.17) is 5.26 Å². The van der Waals surface area contributed by atoms with Crippen LogP contribution in [-0.2, 0) is 0 Å². The average Bonchev–Trinajstić information content (AvgIpc) is 1.94. The lowest BCUT2D eigenvalue weighted by Gasteiger charge is -2.26. The number of hydrogen-bond acceptors (Lipinski definition) is 3. The van der Waals surface area contributed by atoms with E-state index in [1.165, 1.54) is 0 Å². The van der Waals surface area contributed by atoms with Gasteiger partial charge in [0.2, 0.25) is 0 Å². The minimum Gasteiger partial charge on any atom is -0.391 e. The SMILES string of the molecule is N#CC[C@H]1CCNC[C@H]1O. The highest BCUT2D eigenvalue weighted by molar-refractivity contribution is 4.84. The van der Waals surface area contributed by atoms with Crippen LogP contribution in [0, 0.1) is 17.2 Å². The molecule has 0 bridgehead atoms. The van der Waals surface area contributed by atoms with E-state index in [0.29, 0.717) is 13.0 Å². The van der Waals surface area contributed by atoms with Crippen molar-refractivity contribution in [3.63, 3.8) is 0 Å². The Morgan fingerprint density at radius 3 is 3.10 bits per heavy atom. The van der Waals surface area contributed by atoms with Gasteiger partial charge in [0.25, 0.3) is 0 Å². The third kappa shape index (κ3) is 1.69. The topological polar surface area (TPSA) is 56.0 Å². The third-order valence-corrected chi connectivity index (χ3v) is 1.94. The van der Waals surface area contributed by atoms with Crippen LogP contribution in [0.2, 0.25) is 0 Å². The maximum atomic E-state index is 9.29. The van der Waals surface area contributed by atoms with Gasteiger partial charge in [-0.2, -0.15) is 5.26 Å². The summed E-state index contributed by atoms with van der Waals surface area (Å²) in [6, 6.07) is 2.08. The molecule has 0 spiro atoms. The first kappa shape index (κ1) is 7.52. The molecule has 0 aromatic heterocycles. The lowest BCUT2D eigenvalue weighted by Crippen LogP contribution is -2.40. The summed E-state index contributed by atoms with van der Waals surface area (Å²) in [5.74, 6) is 0.200. The summed E-state index contributed by atoms with van der Waals surface area (Å²) in [6.45, 7) is 1.58. The predicted molar refractivity (Wildman–Crippen MR) is 37.2 cm³/mol. The molecule has 1 fully saturated rings. The molecule has 0 unspecified atom stereocenters. The molecule has 2 atom stereocenters. The van der Waals surface area contributed by atoms with Crippen LogP contribution in [0.3, 0.4) is 0 Å². The Kier molecular flexibility index (Phi) is 2.67. The van der Waals surface area contributed by atoms with E-state index in [1.807, 2.05) is 0 Å². The van der Waals surface area contributed by atoms with Crippen LogP contribution >= 0.6 is 0 Å². The second-order valence-electron chi connectivity index (χ2n) is 2.68. The number of nitrogens with one attached hydrogen (secondary N) is 1. The first-order chi connectivity index (χ1) is 4.84. The van der Waals surface area contributed by atoms with Crippen molar-refractivity contribution in [3.8, 4) is 6.07 Å². The van der Waals surface area contributed by atoms with Crippen LogP contribution in [0.5, 0.6) is 0 Å². The van der Waals surface area contributed by atoms with Crippen molar-refractivity contribution in [2.45, 2.75) is 18.9 Å². The van der Waals surface area contributed by atoms with E-state index in [2.05, 4.69) is 11.4 Å². The van der Waals surface area contributed by atoms with Gasteiger partial charge in [0, 0.05) is 18.9 Å². The van der Waals surface area contributed by atoms with Gasteiger partial charge >= 0.3 is 0 Å². The fourth-order valence-electron chi connectivity index (χ4n) is 1.25. The fraction of sp³-hybridized carbons (Fsp3) is 0.857. The van der Waals surface area contributed by atoms with Gasteiger partial charge in [0.05, 0.1) is 12.2 Å². The van der Waals surface area contributed by atoms with Crippen LogP contribution in [0.15, 0.2) is 0 Å². The molecule has 0 aromatic carbocycles. The van der Waals surface area contributed by atoms with E-state index in [0.717, 1.165) is 13.0 Å². The molecule has 3 nitrogen and oxygen atoms in total. The summed E-state index contributed by atoms with van der Waals surface area (Å²) in [5, 5.41) is 20.7. The first-order valence-corrected chi connectivity index (χ1v) is 3.60. The summed E-state index contributed by atoms with van der Waals surface area (Å²) < 4.78 is 0. The second kappa shape index (κ2) is 3.55. The Morgan fingerprint density at radius 1 is 1.70 bits per heavy atom. The number of rotatable bonds is 1. The minimum absolute atomic E-state index is 0.200. The van der Waals surface area contributed by atoms with E-state index in [9.17, 15) is 5.11 Å². The van der Waals surface area contributed by atoms with Gasteiger partial charge < -0.3 is 10.4 Å². The van der Waals surface area contributed by atoms with Gasteiger partial charge in [-0.15, -0.1) is 0 Å². The van der Waals surface area contributed by atoms with E-state index in [1.54, 1.807) is 0 Å². The highest BCUT2D eigenvalue weighted by atomic mass is 16.3.